The van der Waals surface area contributed by atoms with Crippen molar-refractivity contribution in [3.63, 3.8) is 0 Å². The van der Waals surface area contributed by atoms with Crippen LogP contribution in [0.2, 0.25) is 0 Å². The maximum absolute atomic E-state index is 13.4. The molecule has 0 bridgehead atoms. The number of amides is 1. The van der Waals surface area contributed by atoms with Crippen LogP contribution in [-0.2, 0) is 4.74 Å². The van der Waals surface area contributed by atoms with E-state index in [0.29, 0.717) is 24.2 Å². The molecule has 0 unspecified atom stereocenters. The number of unbranched alkanes of at least 4 members (excludes halogenated alkanes) is 2. The molecular formula is C18H18F3NO3. The monoisotopic (exact) mass is 353 g/mol. The molecule has 0 aromatic heterocycles. The van der Waals surface area contributed by atoms with Gasteiger partial charge < -0.3 is 9.57 Å². The van der Waals surface area contributed by atoms with Gasteiger partial charge in [-0.25, -0.2) is 18.0 Å². The van der Waals surface area contributed by atoms with Gasteiger partial charge in [0.1, 0.15) is 0 Å². The van der Waals surface area contributed by atoms with Crippen LogP contribution >= 0.6 is 0 Å². The van der Waals surface area contributed by atoms with Gasteiger partial charge >= 0.3 is 6.09 Å². The van der Waals surface area contributed by atoms with E-state index >= 15 is 0 Å². The standard InChI is InChI=1S/C18H18F3NO3/c1-2-3-7-10-24-18(23)22(13-8-5-4-6-9-13)25-14-11-15(19)17(21)16(20)12-14/h4-6,8-9,11-12H,2-3,7,10H2,1H3. The maximum Gasteiger partial charge on any atom is 0.448 e. The predicted octanol–water partition coefficient (Wildman–Crippen LogP) is 5.23. The molecule has 0 fully saturated rings. The molecule has 0 spiro atoms. The fourth-order valence-corrected chi connectivity index (χ4v) is 2.02. The van der Waals surface area contributed by atoms with E-state index in [4.69, 9.17) is 9.57 Å². The molecule has 134 valence electrons. The van der Waals surface area contributed by atoms with Crippen LogP contribution in [0.5, 0.6) is 5.75 Å². The highest BCUT2D eigenvalue weighted by Crippen LogP contribution is 2.23. The smallest absolute Gasteiger partial charge is 0.447 e. The van der Waals surface area contributed by atoms with E-state index in [-0.39, 0.29) is 12.4 Å². The Bertz CT molecular complexity index is 687. The van der Waals surface area contributed by atoms with Crippen molar-refractivity contribution in [1.29, 1.82) is 0 Å². The zero-order chi connectivity index (χ0) is 18.2. The second kappa shape index (κ2) is 8.96. The topological polar surface area (TPSA) is 38.8 Å². The highest BCUT2D eigenvalue weighted by atomic mass is 19.2. The van der Waals surface area contributed by atoms with Gasteiger partial charge in [0, 0.05) is 12.1 Å². The molecule has 25 heavy (non-hydrogen) atoms. The number of benzene rings is 2. The first-order valence-electron chi connectivity index (χ1n) is 7.87. The van der Waals surface area contributed by atoms with Crippen LogP contribution in [-0.4, -0.2) is 12.7 Å². The summed E-state index contributed by atoms with van der Waals surface area (Å²) in [5.41, 5.74) is 0.299. The van der Waals surface area contributed by atoms with Crippen molar-refractivity contribution < 1.29 is 27.5 Å². The second-order valence-electron chi connectivity index (χ2n) is 5.24. The van der Waals surface area contributed by atoms with Gasteiger partial charge in [0.15, 0.2) is 23.2 Å². The first-order valence-corrected chi connectivity index (χ1v) is 7.87. The number of anilines is 1. The summed E-state index contributed by atoms with van der Waals surface area (Å²) in [6.07, 6.45) is 1.70. The number of hydrogen-bond acceptors (Lipinski definition) is 3. The molecule has 1 amide bonds. The lowest BCUT2D eigenvalue weighted by Gasteiger charge is -2.22. The molecule has 0 heterocycles. The zero-order valence-corrected chi connectivity index (χ0v) is 13.7. The lowest BCUT2D eigenvalue weighted by Crippen LogP contribution is -2.35. The third-order valence-corrected chi connectivity index (χ3v) is 3.28. The Morgan fingerprint density at radius 1 is 1.04 bits per heavy atom. The molecule has 0 N–H and O–H groups in total. The van der Waals surface area contributed by atoms with Crippen molar-refractivity contribution in [1.82, 2.24) is 0 Å². The summed E-state index contributed by atoms with van der Waals surface area (Å²) < 4.78 is 44.9. The number of ether oxygens (including phenoxy) is 1. The number of carbonyl (C=O) groups excluding carboxylic acids is 1. The lowest BCUT2D eigenvalue weighted by molar-refractivity contribution is 0.124. The second-order valence-corrected chi connectivity index (χ2v) is 5.24. The van der Waals surface area contributed by atoms with E-state index in [1.807, 2.05) is 6.92 Å². The van der Waals surface area contributed by atoms with E-state index in [1.165, 1.54) is 0 Å². The summed E-state index contributed by atoms with van der Waals surface area (Å²) in [6, 6.07) is 9.46. The van der Waals surface area contributed by atoms with Gasteiger partial charge in [-0.2, -0.15) is 0 Å². The SMILES string of the molecule is CCCCCOC(=O)N(Oc1cc(F)c(F)c(F)c1)c1ccccc1. The van der Waals surface area contributed by atoms with Gasteiger partial charge in [0.2, 0.25) is 0 Å². The van der Waals surface area contributed by atoms with Crippen molar-refractivity contribution in [3.05, 3.63) is 59.9 Å². The largest absolute Gasteiger partial charge is 0.448 e. The number of hydrogen-bond donors (Lipinski definition) is 0. The molecule has 0 saturated heterocycles. The van der Waals surface area contributed by atoms with E-state index in [9.17, 15) is 18.0 Å². The maximum atomic E-state index is 13.4. The van der Waals surface area contributed by atoms with E-state index in [2.05, 4.69) is 0 Å². The number of hydroxylamine groups is 1. The molecular weight excluding hydrogens is 335 g/mol. The first-order chi connectivity index (χ1) is 12.0. The van der Waals surface area contributed by atoms with E-state index in [1.54, 1.807) is 30.3 Å². The summed E-state index contributed by atoms with van der Waals surface area (Å²) in [7, 11) is 0. The number of para-hydroxylation sites is 1. The molecule has 2 aromatic rings. The first kappa shape index (κ1) is 18.6. The average Bonchev–Trinajstić information content (AvgIpc) is 2.61. The Morgan fingerprint density at radius 3 is 2.28 bits per heavy atom. The summed E-state index contributed by atoms with van der Waals surface area (Å²) in [4.78, 5) is 17.5. The van der Waals surface area contributed by atoms with Gasteiger partial charge in [0.05, 0.1) is 12.3 Å². The van der Waals surface area contributed by atoms with E-state index < -0.39 is 23.5 Å². The van der Waals surface area contributed by atoms with Crippen molar-refractivity contribution >= 4 is 11.8 Å². The van der Waals surface area contributed by atoms with Gasteiger partial charge in [0.25, 0.3) is 0 Å². The molecule has 0 aliphatic carbocycles. The van der Waals surface area contributed by atoms with Crippen LogP contribution in [0.15, 0.2) is 42.5 Å². The van der Waals surface area contributed by atoms with E-state index in [0.717, 1.165) is 17.9 Å². The Kier molecular flexibility index (Phi) is 6.68. The Hall–Kier alpha value is -2.70. The fraction of sp³-hybridized carbons (Fsp3) is 0.278. The summed E-state index contributed by atoms with van der Waals surface area (Å²) >= 11 is 0. The number of carbonyl (C=O) groups is 1. The van der Waals surface area contributed by atoms with Crippen LogP contribution in [0.25, 0.3) is 0 Å². The fourth-order valence-electron chi connectivity index (χ4n) is 2.02. The molecule has 0 atom stereocenters. The van der Waals surface area contributed by atoms with Crippen LogP contribution in [0.1, 0.15) is 26.2 Å². The zero-order valence-electron chi connectivity index (χ0n) is 13.7. The highest BCUT2D eigenvalue weighted by molar-refractivity contribution is 5.85. The third-order valence-electron chi connectivity index (χ3n) is 3.28. The van der Waals surface area contributed by atoms with Gasteiger partial charge in [-0.1, -0.05) is 38.0 Å². The minimum Gasteiger partial charge on any atom is -0.447 e. The quantitative estimate of drug-likeness (QED) is 0.389. The average molecular weight is 353 g/mol. The number of nitrogens with zero attached hydrogens (tertiary/aromatic N) is 1. The molecule has 7 heteroatoms. The Labute approximate surface area is 143 Å². The van der Waals surface area contributed by atoms with Gasteiger partial charge in [-0.15, -0.1) is 5.06 Å². The van der Waals surface area contributed by atoms with Crippen molar-refractivity contribution in [3.8, 4) is 5.75 Å². The van der Waals surface area contributed by atoms with Crippen LogP contribution in [0.4, 0.5) is 23.7 Å². The van der Waals surface area contributed by atoms with Gasteiger partial charge in [-0.3, -0.25) is 0 Å². The van der Waals surface area contributed by atoms with Crippen LogP contribution < -0.4 is 9.90 Å². The van der Waals surface area contributed by atoms with Gasteiger partial charge in [-0.05, 0) is 18.6 Å². The van der Waals surface area contributed by atoms with Crippen LogP contribution in [0.3, 0.4) is 0 Å². The molecule has 4 nitrogen and oxygen atoms in total. The molecule has 2 rings (SSSR count). The molecule has 0 radical (unpaired) electrons. The molecule has 0 saturated carbocycles. The summed E-state index contributed by atoms with van der Waals surface area (Å²) in [5, 5.41) is 0.762. The summed E-state index contributed by atoms with van der Waals surface area (Å²) in [5.74, 6) is -4.81. The normalized spacial score (nSPS) is 10.4. The van der Waals surface area contributed by atoms with Crippen molar-refractivity contribution in [2.45, 2.75) is 26.2 Å². The lowest BCUT2D eigenvalue weighted by atomic mass is 10.3. The van der Waals surface area contributed by atoms with Crippen molar-refractivity contribution in [2.24, 2.45) is 0 Å². The molecule has 2 aromatic carbocycles. The predicted molar refractivity (Wildman–Crippen MR) is 86.7 cm³/mol. The van der Waals surface area contributed by atoms with Crippen LogP contribution in [0, 0.1) is 17.5 Å². The highest BCUT2D eigenvalue weighted by Gasteiger charge is 2.21. The third kappa shape index (κ3) is 5.14. The molecule has 0 aliphatic rings. The minimum absolute atomic E-state index is 0.186. The summed E-state index contributed by atoms with van der Waals surface area (Å²) in [6.45, 7) is 2.20. The number of rotatable bonds is 7. The minimum atomic E-state index is -1.61. The molecule has 0 aliphatic heterocycles. The Balaban J connectivity index is 2.19. The van der Waals surface area contributed by atoms with Crippen molar-refractivity contribution in [2.75, 3.05) is 11.7 Å². The Morgan fingerprint density at radius 2 is 1.68 bits per heavy atom. The number of halogens is 3.